The number of oxime groups is 1. The quantitative estimate of drug-likeness (QED) is 0.384. The zero-order valence-corrected chi connectivity index (χ0v) is 10.1. The third-order valence-corrected chi connectivity index (χ3v) is 2.61. The lowest BCUT2D eigenvalue weighted by molar-refractivity contribution is 0.304. The third kappa shape index (κ3) is 3.22. The molecule has 2 aromatic rings. The van der Waals surface area contributed by atoms with E-state index in [2.05, 4.69) is 5.16 Å². The van der Waals surface area contributed by atoms with Crippen molar-refractivity contribution in [3.63, 3.8) is 0 Å². The molecule has 5 heteroatoms. The lowest BCUT2D eigenvalue weighted by Gasteiger charge is -2.10. The van der Waals surface area contributed by atoms with E-state index in [1.165, 1.54) is 12.1 Å². The zero-order chi connectivity index (χ0) is 13.7. The zero-order valence-electron chi connectivity index (χ0n) is 10.1. The van der Waals surface area contributed by atoms with Gasteiger partial charge in [0.25, 0.3) is 0 Å². The molecule has 2 aromatic carbocycles. The Morgan fingerprint density at radius 2 is 1.84 bits per heavy atom. The highest BCUT2D eigenvalue weighted by atomic mass is 19.1. The number of rotatable bonds is 4. The van der Waals surface area contributed by atoms with Crippen molar-refractivity contribution in [2.24, 2.45) is 10.9 Å². The van der Waals surface area contributed by atoms with E-state index in [-0.39, 0.29) is 18.3 Å². The van der Waals surface area contributed by atoms with Gasteiger partial charge in [-0.05, 0) is 24.3 Å². The Labute approximate surface area is 109 Å². The summed E-state index contributed by atoms with van der Waals surface area (Å²) in [7, 11) is 0. The summed E-state index contributed by atoms with van der Waals surface area (Å²) in [6.45, 7) is 0.248. The first-order valence-electron chi connectivity index (χ1n) is 5.65. The summed E-state index contributed by atoms with van der Waals surface area (Å²) in [4.78, 5) is 0. The fraction of sp³-hybridized carbons (Fsp3) is 0.0714. The van der Waals surface area contributed by atoms with Crippen LogP contribution in [0.2, 0.25) is 0 Å². The van der Waals surface area contributed by atoms with Gasteiger partial charge in [-0.1, -0.05) is 29.4 Å². The second-order valence-electron chi connectivity index (χ2n) is 3.88. The maximum Gasteiger partial charge on any atom is 0.170 e. The maximum atomic E-state index is 12.8. The maximum absolute atomic E-state index is 12.8. The Kier molecular flexibility index (Phi) is 3.97. The first-order valence-corrected chi connectivity index (χ1v) is 5.65. The van der Waals surface area contributed by atoms with Crippen molar-refractivity contribution in [2.45, 2.75) is 6.61 Å². The van der Waals surface area contributed by atoms with E-state index in [4.69, 9.17) is 15.7 Å². The Bertz CT molecular complexity index is 582. The van der Waals surface area contributed by atoms with Crippen molar-refractivity contribution in [1.29, 1.82) is 0 Å². The number of hydrogen-bond donors (Lipinski definition) is 2. The van der Waals surface area contributed by atoms with Crippen LogP contribution in [0.1, 0.15) is 11.1 Å². The number of nitrogens with zero attached hydrogens (tertiary/aromatic N) is 1. The summed E-state index contributed by atoms with van der Waals surface area (Å²) in [5, 5.41) is 11.7. The van der Waals surface area contributed by atoms with Crippen LogP contribution in [0.3, 0.4) is 0 Å². The van der Waals surface area contributed by atoms with Crippen LogP contribution in [0.4, 0.5) is 4.39 Å². The highest BCUT2D eigenvalue weighted by molar-refractivity contribution is 5.98. The Morgan fingerprint density at radius 3 is 2.53 bits per heavy atom. The van der Waals surface area contributed by atoms with E-state index in [1.54, 1.807) is 24.3 Å². The number of hydrogen-bond acceptors (Lipinski definition) is 3. The minimum Gasteiger partial charge on any atom is -0.489 e. The molecule has 0 radical (unpaired) electrons. The lowest BCUT2D eigenvalue weighted by atomic mass is 10.1. The van der Waals surface area contributed by atoms with E-state index in [1.807, 2.05) is 12.1 Å². The molecule has 0 unspecified atom stereocenters. The monoisotopic (exact) mass is 260 g/mol. The number of amidine groups is 1. The van der Waals surface area contributed by atoms with Gasteiger partial charge in [0.15, 0.2) is 5.84 Å². The van der Waals surface area contributed by atoms with E-state index in [9.17, 15) is 4.39 Å². The average molecular weight is 260 g/mol. The van der Waals surface area contributed by atoms with Gasteiger partial charge in [-0.25, -0.2) is 4.39 Å². The van der Waals surface area contributed by atoms with E-state index in [0.717, 1.165) is 5.56 Å². The second kappa shape index (κ2) is 5.86. The van der Waals surface area contributed by atoms with Crippen molar-refractivity contribution in [3.05, 3.63) is 65.5 Å². The molecule has 98 valence electrons. The molecule has 2 rings (SSSR count). The van der Waals surface area contributed by atoms with Crippen LogP contribution in [0.25, 0.3) is 0 Å². The molecule has 19 heavy (non-hydrogen) atoms. The van der Waals surface area contributed by atoms with Crippen molar-refractivity contribution in [3.8, 4) is 5.75 Å². The molecule has 0 heterocycles. The van der Waals surface area contributed by atoms with Gasteiger partial charge in [-0.2, -0.15) is 0 Å². The van der Waals surface area contributed by atoms with Gasteiger partial charge in [-0.3, -0.25) is 0 Å². The van der Waals surface area contributed by atoms with Gasteiger partial charge in [0.2, 0.25) is 0 Å². The fourth-order valence-electron chi connectivity index (χ4n) is 1.64. The smallest absolute Gasteiger partial charge is 0.170 e. The normalized spacial score (nSPS) is 11.3. The summed E-state index contributed by atoms with van der Waals surface area (Å²) in [6, 6.07) is 12.9. The van der Waals surface area contributed by atoms with Crippen LogP contribution in [0, 0.1) is 5.82 Å². The fourth-order valence-corrected chi connectivity index (χ4v) is 1.64. The van der Waals surface area contributed by atoms with E-state index < -0.39 is 0 Å². The van der Waals surface area contributed by atoms with Gasteiger partial charge in [0, 0.05) is 11.1 Å². The first kappa shape index (κ1) is 12.9. The van der Waals surface area contributed by atoms with Crippen LogP contribution in [0.15, 0.2) is 53.7 Å². The number of halogens is 1. The number of nitrogens with two attached hydrogens (primary N) is 1. The van der Waals surface area contributed by atoms with Crippen molar-refractivity contribution >= 4 is 5.84 Å². The molecule has 0 aliphatic heterocycles. The average Bonchev–Trinajstić information content (AvgIpc) is 2.46. The summed E-state index contributed by atoms with van der Waals surface area (Å²) in [5.41, 5.74) is 6.96. The number of benzene rings is 2. The Morgan fingerprint density at radius 1 is 1.16 bits per heavy atom. The van der Waals surface area contributed by atoms with Crippen molar-refractivity contribution in [2.75, 3.05) is 0 Å². The summed E-state index contributed by atoms with van der Waals surface area (Å²) < 4.78 is 18.3. The predicted molar refractivity (Wildman–Crippen MR) is 69.7 cm³/mol. The van der Waals surface area contributed by atoms with Crippen LogP contribution in [0.5, 0.6) is 5.75 Å². The predicted octanol–water partition coefficient (Wildman–Crippen LogP) is 2.50. The number of ether oxygens (including phenoxy) is 1. The van der Waals surface area contributed by atoms with Gasteiger partial charge >= 0.3 is 0 Å². The minimum absolute atomic E-state index is 0.0262. The molecule has 0 atom stereocenters. The topological polar surface area (TPSA) is 67.8 Å². The Balaban J connectivity index is 2.13. The van der Waals surface area contributed by atoms with Crippen LogP contribution < -0.4 is 10.5 Å². The molecular weight excluding hydrogens is 247 g/mol. The molecule has 0 aliphatic rings. The standard InChI is InChI=1S/C14H13FN2O2/c15-11-5-7-12(8-6-11)19-9-10-3-1-2-4-13(10)14(16)17-18/h1-8,18H,9H2,(H2,16,17). The molecule has 0 amide bonds. The molecular formula is C14H13FN2O2. The second-order valence-corrected chi connectivity index (χ2v) is 3.88. The molecule has 0 saturated carbocycles. The Hall–Kier alpha value is -2.56. The molecule has 3 N–H and O–H groups in total. The molecule has 4 nitrogen and oxygen atoms in total. The molecule has 0 aromatic heterocycles. The SMILES string of the molecule is N/C(=N\O)c1ccccc1COc1ccc(F)cc1. The molecule has 0 fully saturated rings. The highest BCUT2D eigenvalue weighted by Gasteiger charge is 2.06. The summed E-state index contributed by atoms with van der Waals surface area (Å²) >= 11 is 0. The molecule has 0 bridgehead atoms. The van der Waals surface area contributed by atoms with Crippen molar-refractivity contribution < 1.29 is 14.3 Å². The lowest BCUT2D eigenvalue weighted by Crippen LogP contribution is -2.16. The van der Waals surface area contributed by atoms with Gasteiger partial charge in [0.1, 0.15) is 18.2 Å². The summed E-state index contributed by atoms with van der Waals surface area (Å²) in [5.74, 6) is 0.262. The van der Waals surface area contributed by atoms with Crippen LogP contribution in [-0.2, 0) is 6.61 Å². The van der Waals surface area contributed by atoms with Gasteiger partial charge < -0.3 is 15.7 Å². The van der Waals surface area contributed by atoms with Gasteiger partial charge in [0.05, 0.1) is 0 Å². The largest absolute Gasteiger partial charge is 0.489 e. The minimum atomic E-state index is -0.315. The van der Waals surface area contributed by atoms with Gasteiger partial charge in [-0.15, -0.1) is 0 Å². The van der Waals surface area contributed by atoms with E-state index in [0.29, 0.717) is 11.3 Å². The summed E-state index contributed by atoms with van der Waals surface area (Å²) in [6.07, 6.45) is 0. The van der Waals surface area contributed by atoms with Crippen LogP contribution in [-0.4, -0.2) is 11.0 Å². The van der Waals surface area contributed by atoms with Crippen molar-refractivity contribution in [1.82, 2.24) is 0 Å². The molecule has 0 aliphatic carbocycles. The van der Waals surface area contributed by atoms with Crippen LogP contribution >= 0.6 is 0 Å². The van der Waals surface area contributed by atoms with E-state index >= 15 is 0 Å². The highest BCUT2D eigenvalue weighted by Crippen LogP contribution is 2.15. The molecule has 0 spiro atoms. The molecule has 0 saturated heterocycles. The third-order valence-electron chi connectivity index (χ3n) is 2.61. The first-order chi connectivity index (χ1) is 9.20.